The highest BCUT2D eigenvalue weighted by Gasteiger charge is 2.28. The van der Waals surface area contributed by atoms with Crippen molar-refractivity contribution in [2.24, 2.45) is 0 Å². The average Bonchev–Trinajstić information content (AvgIpc) is 3.33. The topological polar surface area (TPSA) is 61.9 Å². The summed E-state index contributed by atoms with van der Waals surface area (Å²) in [5, 5.41) is 7.47. The number of hydrogen-bond acceptors (Lipinski definition) is 4. The largest absolute Gasteiger partial charge is 0.311 e. The molecule has 136 valence electrons. The van der Waals surface area contributed by atoms with Crippen LogP contribution in [0.15, 0.2) is 59.8 Å². The number of aromatic nitrogens is 3. The van der Waals surface area contributed by atoms with Crippen LogP contribution in [0.1, 0.15) is 23.9 Å². The summed E-state index contributed by atoms with van der Waals surface area (Å²) in [6, 6.07) is 18.1. The summed E-state index contributed by atoms with van der Waals surface area (Å²) in [5.74, 6) is 0.767. The van der Waals surface area contributed by atoms with Gasteiger partial charge in [0.2, 0.25) is 11.1 Å². The number of para-hydroxylation sites is 1. The van der Waals surface area contributed by atoms with E-state index in [0.717, 1.165) is 24.2 Å². The van der Waals surface area contributed by atoms with E-state index in [1.807, 2.05) is 72.5 Å². The van der Waals surface area contributed by atoms with Crippen LogP contribution in [0, 0.1) is 0 Å². The molecule has 27 heavy (non-hydrogen) atoms. The molecule has 1 atom stereocenters. The fraction of sp³-hybridized carbons (Fsp3) is 0.190. The monoisotopic (exact) mass is 376 g/mol. The van der Waals surface area contributed by atoms with E-state index in [2.05, 4.69) is 21.2 Å². The van der Waals surface area contributed by atoms with E-state index in [4.69, 9.17) is 0 Å². The Hall–Kier alpha value is -2.86. The molecular formula is C21H20N4OS. The summed E-state index contributed by atoms with van der Waals surface area (Å²) >= 11 is 1.38. The molecule has 3 aromatic rings. The molecule has 0 radical (unpaired) electrons. The normalized spacial score (nSPS) is 14.5. The lowest BCUT2D eigenvalue weighted by Gasteiger charge is -2.20. The van der Waals surface area contributed by atoms with Crippen molar-refractivity contribution in [1.29, 1.82) is 0 Å². The molecule has 1 amide bonds. The summed E-state index contributed by atoms with van der Waals surface area (Å²) in [6.07, 6.45) is 4.77. The van der Waals surface area contributed by atoms with Crippen LogP contribution in [0.4, 0.5) is 5.69 Å². The first-order valence-electron chi connectivity index (χ1n) is 8.92. The van der Waals surface area contributed by atoms with Crippen LogP contribution in [0.25, 0.3) is 12.2 Å². The first-order valence-corrected chi connectivity index (χ1v) is 9.80. The predicted octanol–water partition coefficient (Wildman–Crippen LogP) is 4.05. The summed E-state index contributed by atoms with van der Waals surface area (Å²) < 4.78 is 0. The summed E-state index contributed by atoms with van der Waals surface area (Å²) in [7, 11) is 0. The summed E-state index contributed by atoms with van der Waals surface area (Å²) in [5.41, 5.74) is 3.35. The van der Waals surface area contributed by atoms with Gasteiger partial charge in [0, 0.05) is 12.2 Å². The molecule has 0 bridgehead atoms. The lowest BCUT2D eigenvalue weighted by atomic mass is 10.2. The molecule has 4 rings (SSSR count). The smallest absolute Gasteiger partial charge is 0.240 e. The Bertz CT molecular complexity index is 967. The standard InChI is InChI=1S/C21H20N4OS/c1-15(20(26)25-14-13-17-9-5-6-10-18(17)25)27-21-22-19(23-24-21)12-11-16-7-3-2-4-8-16/h2-12,15H,13-14H2,1H3,(H,22,23,24)/b12-11+. The van der Waals surface area contributed by atoms with Crippen molar-refractivity contribution < 1.29 is 4.79 Å². The van der Waals surface area contributed by atoms with Gasteiger partial charge in [-0.1, -0.05) is 66.4 Å². The Balaban J connectivity index is 1.40. The number of rotatable bonds is 5. The maximum atomic E-state index is 12.9. The molecular weight excluding hydrogens is 356 g/mol. The van der Waals surface area contributed by atoms with Crippen LogP contribution < -0.4 is 4.90 Å². The van der Waals surface area contributed by atoms with Gasteiger partial charge in [-0.3, -0.25) is 9.89 Å². The Morgan fingerprint density at radius 3 is 2.78 bits per heavy atom. The number of thioether (sulfide) groups is 1. The van der Waals surface area contributed by atoms with Crippen LogP contribution >= 0.6 is 11.8 Å². The molecule has 1 aliphatic rings. The van der Waals surface area contributed by atoms with Crippen molar-refractivity contribution in [3.8, 4) is 0 Å². The third-order valence-electron chi connectivity index (χ3n) is 4.50. The highest BCUT2D eigenvalue weighted by molar-refractivity contribution is 8.00. The molecule has 0 fully saturated rings. The molecule has 0 saturated heterocycles. The molecule has 1 unspecified atom stereocenters. The van der Waals surface area contributed by atoms with Gasteiger partial charge in [-0.2, -0.15) is 0 Å². The molecule has 6 heteroatoms. The summed E-state index contributed by atoms with van der Waals surface area (Å²) in [6.45, 7) is 2.64. The highest BCUT2D eigenvalue weighted by Crippen LogP contribution is 2.30. The zero-order chi connectivity index (χ0) is 18.6. The molecule has 0 spiro atoms. The van der Waals surface area contributed by atoms with Crippen molar-refractivity contribution in [1.82, 2.24) is 15.2 Å². The Morgan fingerprint density at radius 1 is 1.15 bits per heavy atom. The van der Waals surface area contributed by atoms with Gasteiger partial charge in [0.15, 0.2) is 0 Å². The third kappa shape index (κ3) is 3.95. The molecule has 1 aromatic heterocycles. The fourth-order valence-corrected chi connectivity index (χ4v) is 3.91. The second-order valence-electron chi connectivity index (χ2n) is 6.38. The zero-order valence-electron chi connectivity index (χ0n) is 15.0. The van der Waals surface area contributed by atoms with Gasteiger partial charge in [-0.05, 0) is 36.6 Å². The average molecular weight is 376 g/mol. The molecule has 2 heterocycles. The van der Waals surface area contributed by atoms with E-state index >= 15 is 0 Å². The van der Waals surface area contributed by atoms with Gasteiger partial charge in [-0.15, -0.1) is 5.10 Å². The third-order valence-corrected chi connectivity index (χ3v) is 5.45. The van der Waals surface area contributed by atoms with Gasteiger partial charge in [0.05, 0.1) is 5.25 Å². The van der Waals surface area contributed by atoms with Crippen molar-refractivity contribution >= 4 is 35.5 Å². The minimum atomic E-state index is -0.252. The number of benzene rings is 2. The summed E-state index contributed by atoms with van der Waals surface area (Å²) in [4.78, 5) is 19.2. The number of fused-ring (bicyclic) bond motifs is 1. The number of aromatic amines is 1. The maximum absolute atomic E-state index is 12.9. The Labute approximate surface area is 162 Å². The molecule has 0 aliphatic carbocycles. The van der Waals surface area contributed by atoms with Crippen molar-refractivity contribution in [2.75, 3.05) is 11.4 Å². The number of carbonyl (C=O) groups is 1. The van der Waals surface area contributed by atoms with Gasteiger partial charge < -0.3 is 4.90 Å². The van der Waals surface area contributed by atoms with Crippen molar-refractivity contribution in [3.63, 3.8) is 0 Å². The second kappa shape index (κ2) is 7.80. The first kappa shape index (κ1) is 17.5. The van der Waals surface area contributed by atoms with Gasteiger partial charge in [0.25, 0.3) is 0 Å². The minimum Gasteiger partial charge on any atom is -0.311 e. The van der Waals surface area contributed by atoms with E-state index in [-0.39, 0.29) is 11.2 Å². The maximum Gasteiger partial charge on any atom is 0.240 e. The minimum absolute atomic E-state index is 0.0936. The van der Waals surface area contributed by atoms with Crippen molar-refractivity contribution in [2.45, 2.75) is 23.8 Å². The van der Waals surface area contributed by atoms with Crippen LogP contribution in [-0.2, 0) is 11.2 Å². The second-order valence-corrected chi connectivity index (χ2v) is 7.68. The number of nitrogens with zero attached hydrogens (tertiary/aromatic N) is 3. The number of carbonyl (C=O) groups excluding carboxylic acids is 1. The Kier molecular flexibility index (Phi) is 5.07. The Morgan fingerprint density at radius 2 is 1.93 bits per heavy atom. The van der Waals surface area contributed by atoms with Gasteiger partial charge >= 0.3 is 0 Å². The fourth-order valence-electron chi connectivity index (χ4n) is 3.12. The lowest BCUT2D eigenvalue weighted by Crippen LogP contribution is -2.35. The first-order chi connectivity index (χ1) is 13.2. The number of amides is 1. The molecule has 2 aromatic carbocycles. The zero-order valence-corrected chi connectivity index (χ0v) is 15.8. The van der Waals surface area contributed by atoms with E-state index in [1.165, 1.54) is 17.3 Å². The van der Waals surface area contributed by atoms with E-state index in [9.17, 15) is 4.79 Å². The van der Waals surface area contributed by atoms with Gasteiger partial charge in [0.1, 0.15) is 5.82 Å². The van der Waals surface area contributed by atoms with Crippen LogP contribution in [-0.4, -0.2) is 32.9 Å². The van der Waals surface area contributed by atoms with E-state index < -0.39 is 0 Å². The lowest BCUT2D eigenvalue weighted by molar-refractivity contribution is -0.117. The quantitative estimate of drug-likeness (QED) is 0.683. The van der Waals surface area contributed by atoms with Crippen LogP contribution in [0.2, 0.25) is 0 Å². The molecule has 1 N–H and O–H groups in total. The number of hydrogen-bond donors (Lipinski definition) is 1. The molecule has 0 saturated carbocycles. The number of anilines is 1. The predicted molar refractivity (Wildman–Crippen MR) is 110 cm³/mol. The SMILES string of the molecule is CC(Sc1n[nH]c(/C=C/c2ccccc2)n1)C(=O)N1CCc2ccccc21. The van der Waals surface area contributed by atoms with Crippen LogP contribution in [0.5, 0.6) is 0 Å². The van der Waals surface area contributed by atoms with Crippen LogP contribution in [0.3, 0.4) is 0 Å². The molecule has 1 aliphatic heterocycles. The number of H-pyrrole nitrogens is 1. The van der Waals surface area contributed by atoms with Crippen molar-refractivity contribution in [3.05, 3.63) is 71.5 Å². The van der Waals surface area contributed by atoms with E-state index in [0.29, 0.717) is 11.0 Å². The van der Waals surface area contributed by atoms with Gasteiger partial charge in [-0.25, -0.2) is 4.98 Å². The number of nitrogens with one attached hydrogen (secondary N) is 1. The highest BCUT2D eigenvalue weighted by atomic mass is 32.2. The molecule has 5 nitrogen and oxygen atoms in total. The van der Waals surface area contributed by atoms with E-state index in [1.54, 1.807) is 0 Å².